The first-order valence-electron chi connectivity index (χ1n) is 8.65. The van der Waals surface area contributed by atoms with Gasteiger partial charge in [0.05, 0.1) is 11.7 Å². The maximum atomic E-state index is 13.7. The highest BCUT2D eigenvalue weighted by molar-refractivity contribution is 5.90. The van der Waals surface area contributed by atoms with Gasteiger partial charge in [-0.2, -0.15) is 0 Å². The second-order valence-corrected chi connectivity index (χ2v) is 6.22. The van der Waals surface area contributed by atoms with Crippen molar-refractivity contribution in [3.8, 4) is 17.2 Å². The van der Waals surface area contributed by atoms with Gasteiger partial charge >= 0.3 is 0 Å². The predicted molar refractivity (Wildman–Crippen MR) is 98.8 cm³/mol. The largest absolute Gasteiger partial charge is 0.491 e. The lowest BCUT2D eigenvalue weighted by Crippen LogP contribution is -2.12. The SMILES string of the molecule is CC(C)Oc1ccc(NC(=O)CCc2nnc(-c3ccccc3F)o2)cc1. The van der Waals surface area contributed by atoms with Crippen LogP contribution in [0.15, 0.2) is 52.9 Å². The Morgan fingerprint density at radius 2 is 1.89 bits per heavy atom. The first-order valence-corrected chi connectivity index (χ1v) is 8.65. The van der Waals surface area contributed by atoms with Gasteiger partial charge in [0.1, 0.15) is 11.6 Å². The van der Waals surface area contributed by atoms with E-state index >= 15 is 0 Å². The fourth-order valence-electron chi connectivity index (χ4n) is 2.43. The maximum Gasteiger partial charge on any atom is 0.250 e. The minimum atomic E-state index is -0.435. The first-order chi connectivity index (χ1) is 13.0. The average molecular weight is 369 g/mol. The van der Waals surface area contributed by atoms with Crippen molar-refractivity contribution < 1.29 is 18.3 Å². The lowest BCUT2D eigenvalue weighted by Gasteiger charge is -2.10. The van der Waals surface area contributed by atoms with Crippen LogP contribution in [0.3, 0.4) is 0 Å². The van der Waals surface area contributed by atoms with Crippen LogP contribution in [0.5, 0.6) is 5.75 Å². The average Bonchev–Trinajstić information content (AvgIpc) is 3.10. The fourth-order valence-corrected chi connectivity index (χ4v) is 2.43. The van der Waals surface area contributed by atoms with Crippen molar-refractivity contribution in [1.29, 1.82) is 0 Å². The Morgan fingerprint density at radius 1 is 1.15 bits per heavy atom. The number of nitrogens with one attached hydrogen (secondary N) is 1. The van der Waals surface area contributed by atoms with Crippen LogP contribution < -0.4 is 10.1 Å². The van der Waals surface area contributed by atoms with E-state index in [1.165, 1.54) is 6.07 Å². The van der Waals surface area contributed by atoms with Gasteiger partial charge in [-0.15, -0.1) is 10.2 Å². The quantitative estimate of drug-likeness (QED) is 0.674. The van der Waals surface area contributed by atoms with Crippen LogP contribution in [0.4, 0.5) is 10.1 Å². The normalized spacial score (nSPS) is 10.8. The molecule has 6 nitrogen and oxygen atoms in total. The summed E-state index contributed by atoms with van der Waals surface area (Å²) < 4.78 is 24.7. The number of amides is 1. The highest BCUT2D eigenvalue weighted by Gasteiger charge is 2.13. The Morgan fingerprint density at radius 3 is 2.59 bits per heavy atom. The summed E-state index contributed by atoms with van der Waals surface area (Å²) in [5.41, 5.74) is 0.915. The number of carbonyl (C=O) groups is 1. The van der Waals surface area contributed by atoms with E-state index in [9.17, 15) is 9.18 Å². The topological polar surface area (TPSA) is 77.2 Å². The molecular formula is C20H20FN3O3. The van der Waals surface area contributed by atoms with Gasteiger partial charge in [0.25, 0.3) is 5.89 Å². The number of aryl methyl sites for hydroxylation is 1. The number of carbonyl (C=O) groups excluding carboxylic acids is 1. The summed E-state index contributed by atoms with van der Waals surface area (Å²) in [5.74, 6) is 0.511. The van der Waals surface area contributed by atoms with Gasteiger partial charge in [-0.05, 0) is 50.2 Å². The second-order valence-electron chi connectivity index (χ2n) is 6.22. The number of hydrogen-bond donors (Lipinski definition) is 1. The maximum absolute atomic E-state index is 13.7. The summed E-state index contributed by atoms with van der Waals surface area (Å²) in [5, 5.41) is 10.5. The number of benzene rings is 2. The summed E-state index contributed by atoms with van der Waals surface area (Å²) in [4.78, 5) is 12.1. The Bertz CT molecular complexity index is 907. The van der Waals surface area contributed by atoms with E-state index in [-0.39, 0.29) is 42.2 Å². The van der Waals surface area contributed by atoms with Crippen LogP contribution in [0.2, 0.25) is 0 Å². The fraction of sp³-hybridized carbons (Fsp3) is 0.250. The molecule has 1 aromatic heterocycles. The molecule has 0 atom stereocenters. The molecule has 1 N–H and O–H groups in total. The Hall–Kier alpha value is -3.22. The Kier molecular flexibility index (Phi) is 5.80. The number of hydrogen-bond acceptors (Lipinski definition) is 5. The van der Waals surface area contributed by atoms with Gasteiger partial charge in [-0.1, -0.05) is 12.1 Å². The lowest BCUT2D eigenvalue weighted by atomic mass is 10.2. The van der Waals surface area contributed by atoms with E-state index in [4.69, 9.17) is 9.15 Å². The first kappa shape index (κ1) is 18.6. The molecule has 0 aliphatic rings. The van der Waals surface area contributed by atoms with Crippen molar-refractivity contribution in [2.24, 2.45) is 0 Å². The molecule has 7 heteroatoms. The van der Waals surface area contributed by atoms with Crippen molar-refractivity contribution in [2.45, 2.75) is 32.8 Å². The zero-order chi connectivity index (χ0) is 19.2. The number of nitrogens with zero attached hydrogens (tertiary/aromatic N) is 2. The van der Waals surface area contributed by atoms with Gasteiger partial charge in [-0.3, -0.25) is 4.79 Å². The summed E-state index contributed by atoms with van der Waals surface area (Å²) in [6.07, 6.45) is 0.527. The second kappa shape index (κ2) is 8.44. The van der Waals surface area contributed by atoms with Gasteiger partial charge < -0.3 is 14.5 Å². The van der Waals surface area contributed by atoms with Crippen LogP contribution >= 0.6 is 0 Å². The number of halogens is 1. The molecule has 0 saturated heterocycles. The number of aromatic nitrogens is 2. The third kappa shape index (κ3) is 5.13. The molecule has 1 amide bonds. The van der Waals surface area contributed by atoms with E-state index < -0.39 is 5.82 Å². The van der Waals surface area contributed by atoms with Crippen molar-refractivity contribution in [3.63, 3.8) is 0 Å². The molecule has 0 unspecified atom stereocenters. The molecule has 0 bridgehead atoms. The molecule has 0 aliphatic carbocycles. The highest BCUT2D eigenvalue weighted by Crippen LogP contribution is 2.21. The van der Waals surface area contributed by atoms with Gasteiger partial charge in [0, 0.05) is 18.5 Å². The third-order valence-electron chi connectivity index (χ3n) is 3.65. The van der Waals surface area contributed by atoms with Crippen molar-refractivity contribution >= 4 is 11.6 Å². The smallest absolute Gasteiger partial charge is 0.250 e. The van der Waals surface area contributed by atoms with Gasteiger partial charge in [-0.25, -0.2) is 4.39 Å². The van der Waals surface area contributed by atoms with Crippen LogP contribution in [0.1, 0.15) is 26.2 Å². The molecule has 0 fully saturated rings. The minimum absolute atomic E-state index is 0.0918. The third-order valence-corrected chi connectivity index (χ3v) is 3.65. The summed E-state index contributed by atoms with van der Waals surface area (Å²) >= 11 is 0. The highest BCUT2D eigenvalue weighted by atomic mass is 19.1. The monoisotopic (exact) mass is 369 g/mol. The van der Waals surface area contributed by atoms with Crippen molar-refractivity contribution in [3.05, 3.63) is 60.2 Å². The molecule has 1 heterocycles. The van der Waals surface area contributed by atoms with E-state index in [2.05, 4.69) is 15.5 Å². The zero-order valence-corrected chi connectivity index (χ0v) is 15.1. The lowest BCUT2D eigenvalue weighted by molar-refractivity contribution is -0.116. The van der Waals surface area contributed by atoms with Crippen LogP contribution in [0.25, 0.3) is 11.5 Å². The molecule has 2 aromatic carbocycles. The minimum Gasteiger partial charge on any atom is -0.491 e. The van der Waals surface area contributed by atoms with Crippen molar-refractivity contribution in [1.82, 2.24) is 10.2 Å². The van der Waals surface area contributed by atoms with Gasteiger partial charge in [0.15, 0.2) is 0 Å². The Balaban J connectivity index is 1.53. The standard InChI is InChI=1S/C20H20FN3O3/c1-13(2)26-15-9-7-14(8-10-15)22-18(25)11-12-19-23-24-20(27-19)16-5-3-4-6-17(16)21/h3-10,13H,11-12H2,1-2H3,(H,22,25). The molecule has 3 rings (SSSR count). The number of ether oxygens (including phenoxy) is 1. The summed E-state index contributed by atoms with van der Waals surface area (Å²) in [6.45, 7) is 3.90. The van der Waals surface area contributed by atoms with Crippen molar-refractivity contribution in [2.75, 3.05) is 5.32 Å². The van der Waals surface area contributed by atoms with Crippen LogP contribution in [-0.4, -0.2) is 22.2 Å². The van der Waals surface area contributed by atoms with E-state index in [0.29, 0.717) is 5.69 Å². The zero-order valence-electron chi connectivity index (χ0n) is 15.1. The molecule has 0 saturated carbocycles. The van der Waals surface area contributed by atoms with Gasteiger partial charge in [0.2, 0.25) is 11.8 Å². The predicted octanol–water partition coefficient (Wildman–Crippen LogP) is 4.23. The summed E-state index contributed by atoms with van der Waals surface area (Å²) in [6, 6.07) is 13.3. The molecule has 3 aromatic rings. The van der Waals surface area contributed by atoms with Crippen LogP contribution in [-0.2, 0) is 11.2 Å². The number of anilines is 1. The Labute approximate surface area is 156 Å². The molecule has 0 spiro atoms. The number of rotatable bonds is 7. The molecule has 0 aliphatic heterocycles. The molecule has 27 heavy (non-hydrogen) atoms. The molecule has 0 radical (unpaired) electrons. The van der Waals surface area contributed by atoms with E-state index in [1.807, 2.05) is 13.8 Å². The van der Waals surface area contributed by atoms with E-state index in [1.54, 1.807) is 42.5 Å². The molecule has 140 valence electrons. The molecular weight excluding hydrogens is 349 g/mol. The van der Waals surface area contributed by atoms with E-state index in [0.717, 1.165) is 5.75 Å². The summed E-state index contributed by atoms with van der Waals surface area (Å²) in [7, 11) is 0. The van der Waals surface area contributed by atoms with Crippen LogP contribution in [0, 0.1) is 5.82 Å².